The van der Waals surface area contributed by atoms with Crippen LogP contribution in [-0.2, 0) is 17.8 Å². The van der Waals surface area contributed by atoms with Crippen LogP contribution in [-0.4, -0.2) is 41.9 Å². The molecular formula is C14H25N3O2. The van der Waals surface area contributed by atoms with E-state index in [4.69, 9.17) is 9.26 Å². The Kier molecular flexibility index (Phi) is 4.60. The van der Waals surface area contributed by atoms with E-state index in [0.29, 0.717) is 6.10 Å². The Morgan fingerprint density at radius 2 is 2.32 bits per heavy atom. The Hall–Kier alpha value is -0.910. The van der Waals surface area contributed by atoms with Crippen molar-refractivity contribution < 1.29 is 9.26 Å². The molecule has 5 nitrogen and oxygen atoms in total. The lowest BCUT2D eigenvalue weighted by atomic mass is 10.1. The Labute approximate surface area is 115 Å². The normalized spacial score (nSPS) is 21.2. The molecule has 1 fully saturated rings. The summed E-state index contributed by atoms with van der Waals surface area (Å²) in [4.78, 5) is 2.34. The molecule has 19 heavy (non-hydrogen) atoms. The van der Waals surface area contributed by atoms with Crippen molar-refractivity contribution in [2.24, 2.45) is 0 Å². The highest BCUT2D eigenvalue weighted by Crippen LogP contribution is 2.16. The fraction of sp³-hybridized carbons (Fsp3) is 0.786. The predicted octanol–water partition coefficient (Wildman–Crippen LogP) is 1.78. The van der Waals surface area contributed by atoms with Crippen molar-refractivity contribution in [2.45, 2.75) is 51.9 Å². The van der Waals surface area contributed by atoms with E-state index in [-0.39, 0.29) is 5.54 Å². The Morgan fingerprint density at radius 1 is 1.53 bits per heavy atom. The zero-order valence-electron chi connectivity index (χ0n) is 12.4. The Balaban J connectivity index is 1.81. The van der Waals surface area contributed by atoms with E-state index in [1.54, 1.807) is 7.11 Å². The number of hydrogen-bond donors (Lipinski definition) is 1. The lowest BCUT2D eigenvalue weighted by Gasteiger charge is -2.19. The number of rotatable bonds is 5. The van der Waals surface area contributed by atoms with Crippen molar-refractivity contribution in [1.29, 1.82) is 0 Å². The monoisotopic (exact) mass is 267 g/mol. The molecule has 2 rings (SSSR count). The largest absolute Gasteiger partial charge is 0.380 e. The molecule has 0 aromatic carbocycles. The van der Waals surface area contributed by atoms with Crippen molar-refractivity contribution >= 4 is 0 Å². The van der Waals surface area contributed by atoms with Crippen LogP contribution in [0.2, 0.25) is 0 Å². The van der Waals surface area contributed by atoms with Crippen molar-refractivity contribution in [3.63, 3.8) is 0 Å². The van der Waals surface area contributed by atoms with Gasteiger partial charge in [0.05, 0.1) is 18.3 Å². The zero-order chi connectivity index (χ0) is 13.9. The first-order valence-electron chi connectivity index (χ1n) is 6.91. The van der Waals surface area contributed by atoms with Gasteiger partial charge >= 0.3 is 0 Å². The minimum atomic E-state index is 0.0970. The molecule has 5 heteroatoms. The predicted molar refractivity (Wildman–Crippen MR) is 73.8 cm³/mol. The molecule has 0 amide bonds. The van der Waals surface area contributed by atoms with Crippen molar-refractivity contribution in [3.05, 3.63) is 17.5 Å². The molecule has 0 saturated carbocycles. The smallest absolute Gasteiger partial charge is 0.151 e. The van der Waals surface area contributed by atoms with Crippen LogP contribution in [0.25, 0.3) is 0 Å². The Morgan fingerprint density at radius 3 is 2.95 bits per heavy atom. The molecule has 1 aliphatic heterocycles. The van der Waals surface area contributed by atoms with Gasteiger partial charge in [-0.25, -0.2) is 0 Å². The van der Waals surface area contributed by atoms with E-state index in [9.17, 15) is 0 Å². The number of aromatic nitrogens is 1. The fourth-order valence-corrected chi connectivity index (χ4v) is 2.22. The molecule has 1 aromatic rings. The third-order valence-electron chi connectivity index (χ3n) is 3.35. The van der Waals surface area contributed by atoms with Crippen LogP contribution in [0.5, 0.6) is 0 Å². The van der Waals surface area contributed by atoms with Gasteiger partial charge < -0.3 is 14.6 Å². The Bertz CT molecular complexity index is 398. The van der Waals surface area contributed by atoms with Gasteiger partial charge in [0.2, 0.25) is 0 Å². The van der Waals surface area contributed by atoms with Crippen LogP contribution in [0.15, 0.2) is 10.6 Å². The van der Waals surface area contributed by atoms with Gasteiger partial charge in [0.15, 0.2) is 5.76 Å². The molecule has 2 heterocycles. The van der Waals surface area contributed by atoms with Gasteiger partial charge in [-0.2, -0.15) is 0 Å². The number of nitrogens with one attached hydrogen (secondary N) is 1. The van der Waals surface area contributed by atoms with E-state index in [1.165, 1.54) is 0 Å². The van der Waals surface area contributed by atoms with Crippen LogP contribution in [0.3, 0.4) is 0 Å². The lowest BCUT2D eigenvalue weighted by Crippen LogP contribution is -2.35. The molecule has 0 bridgehead atoms. The van der Waals surface area contributed by atoms with Gasteiger partial charge in [-0.1, -0.05) is 5.16 Å². The standard InChI is InChI=1S/C14H25N3O2/c1-14(2,3)15-8-11-7-13(19-16-11)10-17-6-5-12(9-17)18-4/h7,12,15H,5-6,8-10H2,1-4H3. The third kappa shape index (κ3) is 4.60. The molecule has 1 saturated heterocycles. The van der Waals surface area contributed by atoms with Crippen LogP contribution >= 0.6 is 0 Å². The van der Waals surface area contributed by atoms with Crippen LogP contribution in [0.4, 0.5) is 0 Å². The second-order valence-electron chi connectivity index (χ2n) is 6.27. The van der Waals surface area contributed by atoms with Crippen molar-refractivity contribution in [1.82, 2.24) is 15.4 Å². The van der Waals surface area contributed by atoms with E-state index in [2.05, 4.69) is 36.1 Å². The second-order valence-corrected chi connectivity index (χ2v) is 6.27. The highest BCUT2D eigenvalue weighted by Gasteiger charge is 2.23. The first-order chi connectivity index (χ1) is 8.96. The number of methoxy groups -OCH3 is 1. The fourth-order valence-electron chi connectivity index (χ4n) is 2.22. The number of nitrogens with zero attached hydrogens (tertiary/aromatic N) is 2. The SMILES string of the molecule is COC1CCN(Cc2cc(CNC(C)(C)C)no2)C1. The summed E-state index contributed by atoms with van der Waals surface area (Å²) in [5.41, 5.74) is 1.06. The van der Waals surface area contributed by atoms with E-state index < -0.39 is 0 Å². The van der Waals surface area contributed by atoms with Crippen LogP contribution in [0, 0.1) is 0 Å². The minimum absolute atomic E-state index is 0.0970. The van der Waals surface area contributed by atoms with E-state index >= 15 is 0 Å². The lowest BCUT2D eigenvalue weighted by molar-refractivity contribution is 0.106. The molecule has 108 valence electrons. The maximum atomic E-state index is 5.39. The second kappa shape index (κ2) is 6.03. The molecule has 1 aliphatic rings. The molecular weight excluding hydrogens is 242 g/mol. The van der Waals surface area contributed by atoms with Gasteiger partial charge in [0.1, 0.15) is 0 Å². The first kappa shape index (κ1) is 14.5. The summed E-state index contributed by atoms with van der Waals surface area (Å²) in [5, 5.41) is 7.51. The number of ether oxygens (including phenoxy) is 1. The van der Waals surface area contributed by atoms with Crippen LogP contribution < -0.4 is 5.32 Å². The number of hydrogen-bond acceptors (Lipinski definition) is 5. The van der Waals surface area contributed by atoms with E-state index in [1.807, 2.05) is 6.07 Å². The quantitative estimate of drug-likeness (QED) is 0.881. The average molecular weight is 267 g/mol. The first-order valence-corrected chi connectivity index (χ1v) is 6.91. The van der Waals surface area contributed by atoms with Gasteiger partial charge in [-0.3, -0.25) is 4.90 Å². The third-order valence-corrected chi connectivity index (χ3v) is 3.35. The van der Waals surface area contributed by atoms with Crippen molar-refractivity contribution in [3.8, 4) is 0 Å². The summed E-state index contributed by atoms with van der Waals surface area (Å²) in [6.45, 7) is 10.0. The molecule has 1 N–H and O–H groups in total. The number of likely N-dealkylation sites (tertiary alicyclic amines) is 1. The summed E-state index contributed by atoms with van der Waals surface area (Å²) in [6, 6.07) is 2.04. The average Bonchev–Trinajstić information content (AvgIpc) is 2.95. The van der Waals surface area contributed by atoms with E-state index in [0.717, 1.165) is 44.1 Å². The maximum absolute atomic E-state index is 5.39. The highest BCUT2D eigenvalue weighted by molar-refractivity contribution is 5.06. The molecule has 1 aromatic heterocycles. The maximum Gasteiger partial charge on any atom is 0.151 e. The molecule has 1 atom stereocenters. The summed E-state index contributed by atoms with van der Waals surface area (Å²) in [6.07, 6.45) is 1.47. The molecule has 0 aliphatic carbocycles. The molecule has 0 radical (unpaired) electrons. The zero-order valence-corrected chi connectivity index (χ0v) is 12.4. The van der Waals surface area contributed by atoms with Gasteiger partial charge in [0, 0.05) is 38.3 Å². The summed E-state index contributed by atoms with van der Waals surface area (Å²) in [7, 11) is 1.78. The summed E-state index contributed by atoms with van der Waals surface area (Å²) < 4.78 is 10.8. The van der Waals surface area contributed by atoms with Gasteiger partial charge in [-0.15, -0.1) is 0 Å². The minimum Gasteiger partial charge on any atom is -0.380 e. The van der Waals surface area contributed by atoms with Gasteiger partial charge in [-0.05, 0) is 27.2 Å². The topological polar surface area (TPSA) is 50.5 Å². The highest BCUT2D eigenvalue weighted by atomic mass is 16.5. The summed E-state index contributed by atoms with van der Waals surface area (Å²) >= 11 is 0. The van der Waals surface area contributed by atoms with Gasteiger partial charge in [0.25, 0.3) is 0 Å². The molecule has 0 spiro atoms. The van der Waals surface area contributed by atoms with Crippen LogP contribution in [0.1, 0.15) is 38.6 Å². The molecule has 1 unspecified atom stereocenters. The summed E-state index contributed by atoms with van der Waals surface area (Å²) in [5.74, 6) is 0.933. The van der Waals surface area contributed by atoms with Crippen molar-refractivity contribution in [2.75, 3.05) is 20.2 Å².